The van der Waals surface area contributed by atoms with Crippen LogP contribution in [0, 0.1) is 5.41 Å². The van der Waals surface area contributed by atoms with Gasteiger partial charge >= 0.3 is 6.18 Å². The summed E-state index contributed by atoms with van der Waals surface area (Å²) in [6.45, 7) is 1.67. The predicted molar refractivity (Wildman–Crippen MR) is 68.8 cm³/mol. The Morgan fingerprint density at radius 2 is 2.10 bits per heavy atom. The molecule has 1 saturated carbocycles. The Hall–Kier alpha value is -1.09. The first-order valence-electron chi connectivity index (χ1n) is 6.66. The third kappa shape index (κ3) is 3.57. The van der Waals surface area contributed by atoms with E-state index < -0.39 is 27.4 Å². The summed E-state index contributed by atoms with van der Waals surface area (Å²) in [5.74, 6) is -0.650. The zero-order valence-corrected chi connectivity index (χ0v) is 12.4. The van der Waals surface area contributed by atoms with Gasteiger partial charge in [-0.2, -0.15) is 13.2 Å². The molecule has 0 bridgehead atoms. The van der Waals surface area contributed by atoms with Crippen LogP contribution in [-0.2, 0) is 23.0 Å². The zero-order chi connectivity index (χ0) is 15.7. The van der Waals surface area contributed by atoms with E-state index in [0.717, 1.165) is 0 Å². The molecule has 5 nitrogen and oxygen atoms in total. The van der Waals surface area contributed by atoms with Crippen molar-refractivity contribution in [2.75, 3.05) is 5.75 Å². The number of hydrogen-bond donors (Lipinski definition) is 1. The lowest BCUT2D eigenvalue weighted by atomic mass is 9.70. The number of nitrogens with zero attached hydrogens (tertiary/aromatic N) is 1. The molecule has 21 heavy (non-hydrogen) atoms. The van der Waals surface area contributed by atoms with Gasteiger partial charge in [0.1, 0.15) is 0 Å². The van der Waals surface area contributed by atoms with Crippen molar-refractivity contribution in [2.45, 2.75) is 45.3 Å². The molecule has 0 unspecified atom stereocenters. The minimum absolute atomic E-state index is 0.139. The number of sulfonamides is 1. The fourth-order valence-electron chi connectivity index (χ4n) is 2.31. The Bertz CT molecular complexity index is 591. The maximum Gasteiger partial charge on any atom is 0.395 e. The summed E-state index contributed by atoms with van der Waals surface area (Å²) in [6.07, 6.45) is -3.74. The van der Waals surface area contributed by atoms with Gasteiger partial charge in [-0.1, -0.05) is 18.5 Å². The van der Waals surface area contributed by atoms with E-state index in [1.165, 1.54) is 0 Å². The number of aryl methyl sites for hydroxylation is 1. The number of aromatic nitrogens is 1. The third-order valence-corrected chi connectivity index (χ3v) is 5.33. The first kappa shape index (κ1) is 16.3. The molecule has 1 aromatic heterocycles. The fraction of sp³-hybridized carbons (Fsp3) is 0.750. The Kier molecular flexibility index (Phi) is 4.34. The number of halogens is 3. The highest BCUT2D eigenvalue weighted by Gasteiger charge is 2.59. The molecule has 0 atom stereocenters. The quantitative estimate of drug-likeness (QED) is 0.871. The van der Waals surface area contributed by atoms with Gasteiger partial charge in [-0.25, -0.2) is 13.1 Å². The van der Waals surface area contributed by atoms with Gasteiger partial charge in [0.2, 0.25) is 10.0 Å². The van der Waals surface area contributed by atoms with Crippen LogP contribution in [0.5, 0.6) is 0 Å². The molecule has 0 amide bonds. The second-order valence-corrected chi connectivity index (χ2v) is 7.16. The lowest BCUT2D eigenvalue weighted by Crippen LogP contribution is -2.50. The van der Waals surface area contributed by atoms with Crippen LogP contribution < -0.4 is 4.72 Å². The highest BCUT2D eigenvalue weighted by Crippen LogP contribution is 2.53. The molecular formula is C12H17F3N2O3S. The number of alkyl halides is 3. The van der Waals surface area contributed by atoms with Gasteiger partial charge < -0.3 is 4.52 Å². The van der Waals surface area contributed by atoms with Crippen LogP contribution in [0.1, 0.15) is 37.6 Å². The average Bonchev–Trinajstić information content (AvgIpc) is 2.78. The molecule has 0 radical (unpaired) electrons. The van der Waals surface area contributed by atoms with Crippen molar-refractivity contribution in [1.82, 2.24) is 9.88 Å². The van der Waals surface area contributed by atoms with Crippen molar-refractivity contribution in [3.63, 3.8) is 0 Å². The summed E-state index contributed by atoms with van der Waals surface area (Å²) in [4.78, 5) is 0. The van der Waals surface area contributed by atoms with E-state index in [9.17, 15) is 21.6 Å². The highest BCUT2D eigenvalue weighted by molar-refractivity contribution is 7.89. The Balaban J connectivity index is 1.99. The van der Waals surface area contributed by atoms with Crippen molar-refractivity contribution in [1.29, 1.82) is 0 Å². The molecule has 0 aliphatic heterocycles. The van der Waals surface area contributed by atoms with Crippen LogP contribution in [0.2, 0.25) is 0 Å². The van der Waals surface area contributed by atoms with Gasteiger partial charge in [-0.05, 0) is 19.3 Å². The summed E-state index contributed by atoms with van der Waals surface area (Å²) < 4.78 is 69.7. The molecule has 0 aromatic carbocycles. The molecule has 1 aliphatic rings. The van der Waals surface area contributed by atoms with E-state index in [1.807, 2.05) is 6.92 Å². The first-order chi connectivity index (χ1) is 9.67. The summed E-state index contributed by atoms with van der Waals surface area (Å²) >= 11 is 0. The van der Waals surface area contributed by atoms with Gasteiger partial charge in [0.05, 0.1) is 23.4 Å². The highest BCUT2D eigenvalue weighted by atomic mass is 32.2. The van der Waals surface area contributed by atoms with E-state index in [-0.39, 0.29) is 25.1 Å². The van der Waals surface area contributed by atoms with Crippen LogP contribution >= 0.6 is 0 Å². The maximum atomic E-state index is 13.0. The van der Waals surface area contributed by atoms with Crippen molar-refractivity contribution in [2.24, 2.45) is 5.41 Å². The second-order valence-electron chi connectivity index (χ2n) is 5.35. The molecule has 9 heteroatoms. The standard InChI is InChI=1S/C12H17F3N2O3S/c1-2-9-6-10(20-17-9)7-16-21(18,19)8-11(4-3-5-11)12(13,14)15/h6,16H,2-5,7-8H2,1H3. The number of rotatable bonds is 6. The summed E-state index contributed by atoms with van der Waals surface area (Å²) in [5, 5.41) is 3.69. The molecule has 1 aromatic rings. The normalized spacial score (nSPS) is 18.5. The second kappa shape index (κ2) is 5.60. The molecular weight excluding hydrogens is 309 g/mol. The predicted octanol–water partition coefficient (Wildman–Crippen LogP) is 2.39. The number of hydrogen-bond acceptors (Lipinski definition) is 4. The Labute approximate surface area is 120 Å². The SMILES string of the molecule is CCc1cc(CNS(=O)(=O)CC2(C(F)(F)F)CCC2)on1. The largest absolute Gasteiger partial charge is 0.395 e. The van der Waals surface area contributed by atoms with E-state index in [1.54, 1.807) is 6.07 Å². The Morgan fingerprint density at radius 1 is 1.43 bits per heavy atom. The van der Waals surface area contributed by atoms with Crippen LogP contribution in [0.4, 0.5) is 13.2 Å². The van der Waals surface area contributed by atoms with Gasteiger partial charge in [0.15, 0.2) is 5.76 Å². The lowest BCUT2D eigenvalue weighted by Gasteiger charge is -2.42. The minimum atomic E-state index is -4.50. The van der Waals surface area contributed by atoms with Crippen LogP contribution in [0.15, 0.2) is 10.6 Å². The summed E-state index contributed by atoms with van der Waals surface area (Å²) in [7, 11) is -4.04. The van der Waals surface area contributed by atoms with Crippen molar-refractivity contribution in [3.8, 4) is 0 Å². The lowest BCUT2D eigenvalue weighted by molar-refractivity contribution is -0.241. The van der Waals surface area contributed by atoms with Crippen LogP contribution in [0.25, 0.3) is 0 Å². The fourth-order valence-corrected chi connectivity index (χ4v) is 3.96. The van der Waals surface area contributed by atoms with E-state index in [0.29, 0.717) is 18.5 Å². The topological polar surface area (TPSA) is 72.2 Å². The molecule has 120 valence electrons. The van der Waals surface area contributed by atoms with E-state index in [4.69, 9.17) is 4.52 Å². The van der Waals surface area contributed by atoms with Crippen molar-refractivity contribution in [3.05, 3.63) is 17.5 Å². The molecule has 1 fully saturated rings. The molecule has 0 saturated heterocycles. The molecule has 0 spiro atoms. The van der Waals surface area contributed by atoms with Crippen molar-refractivity contribution < 1.29 is 26.1 Å². The minimum Gasteiger partial charge on any atom is -0.360 e. The molecule has 1 heterocycles. The monoisotopic (exact) mass is 326 g/mol. The summed E-state index contributed by atoms with van der Waals surface area (Å²) in [5.41, 5.74) is -1.44. The first-order valence-corrected chi connectivity index (χ1v) is 8.31. The van der Waals surface area contributed by atoms with Gasteiger partial charge in [-0.15, -0.1) is 0 Å². The van der Waals surface area contributed by atoms with Gasteiger partial charge in [0.25, 0.3) is 0 Å². The maximum absolute atomic E-state index is 13.0. The van der Waals surface area contributed by atoms with Crippen molar-refractivity contribution >= 4 is 10.0 Å². The average molecular weight is 326 g/mol. The zero-order valence-electron chi connectivity index (χ0n) is 11.5. The summed E-state index contributed by atoms with van der Waals surface area (Å²) in [6, 6.07) is 1.57. The van der Waals surface area contributed by atoms with Gasteiger partial charge in [0, 0.05) is 6.07 Å². The van der Waals surface area contributed by atoms with Gasteiger partial charge in [-0.3, -0.25) is 0 Å². The molecule has 1 N–H and O–H groups in total. The number of nitrogens with one attached hydrogen (secondary N) is 1. The Morgan fingerprint density at radius 3 is 2.52 bits per heavy atom. The van der Waals surface area contributed by atoms with Crippen LogP contribution in [-0.4, -0.2) is 25.5 Å². The third-order valence-electron chi connectivity index (χ3n) is 3.81. The van der Waals surface area contributed by atoms with E-state index >= 15 is 0 Å². The van der Waals surface area contributed by atoms with E-state index in [2.05, 4.69) is 9.88 Å². The van der Waals surface area contributed by atoms with Crippen LogP contribution in [0.3, 0.4) is 0 Å². The molecule has 2 rings (SSSR count). The smallest absolute Gasteiger partial charge is 0.360 e. The molecule has 1 aliphatic carbocycles.